The normalized spacial score (nSPS) is 46.7. The van der Waals surface area contributed by atoms with Crippen molar-refractivity contribution in [1.29, 1.82) is 0 Å². The van der Waals surface area contributed by atoms with E-state index in [0.717, 1.165) is 37.0 Å². The van der Waals surface area contributed by atoms with Gasteiger partial charge in [0, 0.05) is 0 Å². The minimum atomic E-state index is -0.0914. The average molecular weight is 341 g/mol. The lowest BCUT2D eigenvalue weighted by molar-refractivity contribution is -0.0288. The van der Waals surface area contributed by atoms with Crippen LogP contribution >= 0.6 is 0 Å². The SMILES string of the molecule is CCC=C(C)C1=CCC2C3CC=C4C[C@@H](O)CCC4(C)C3CCC12C. The Morgan fingerprint density at radius 1 is 1.12 bits per heavy atom. The molecule has 2 saturated carbocycles. The van der Waals surface area contributed by atoms with Crippen molar-refractivity contribution < 1.29 is 5.11 Å². The van der Waals surface area contributed by atoms with Gasteiger partial charge in [0.15, 0.2) is 0 Å². The van der Waals surface area contributed by atoms with Gasteiger partial charge in [-0.3, -0.25) is 0 Å². The summed E-state index contributed by atoms with van der Waals surface area (Å²) in [5.41, 5.74) is 5.54. The van der Waals surface area contributed by atoms with Gasteiger partial charge < -0.3 is 5.11 Å². The molecule has 6 atom stereocenters. The topological polar surface area (TPSA) is 20.2 Å². The van der Waals surface area contributed by atoms with Gasteiger partial charge in [-0.05, 0) is 92.4 Å². The Hall–Kier alpha value is -0.820. The summed E-state index contributed by atoms with van der Waals surface area (Å²) in [4.78, 5) is 0. The third kappa shape index (κ3) is 2.52. The summed E-state index contributed by atoms with van der Waals surface area (Å²) < 4.78 is 0. The van der Waals surface area contributed by atoms with Crippen LogP contribution in [-0.2, 0) is 0 Å². The lowest BCUT2D eigenvalue weighted by Crippen LogP contribution is -2.50. The molecule has 5 unspecified atom stereocenters. The summed E-state index contributed by atoms with van der Waals surface area (Å²) in [6.07, 6.45) is 17.0. The van der Waals surface area contributed by atoms with Crippen molar-refractivity contribution in [3.05, 3.63) is 34.9 Å². The molecule has 0 heterocycles. The Morgan fingerprint density at radius 3 is 2.64 bits per heavy atom. The molecule has 0 aromatic carbocycles. The standard InChI is InChI=1S/C24H36O/c1-5-6-16(2)20-9-10-21-19-8-7-17-15-18(25)11-13-23(17,3)22(19)12-14-24(20,21)4/h6-7,9,18-19,21-22,25H,5,8,10-15H2,1-4H3/t18-,19?,21?,22?,23?,24?/m0/s1. The van der Waals surface area contributed by atoms with Gasteiger partial charge in [0.1, 0.15) is 0 Å². The van der Waals surface area contributed by atoms with Crippen molar-refractivity contribution >= 4 is 0 Å². The van der Waals surface area contributed by atoms with Crippen LogP contribution < -0.4 is 0 Å². The van der Waals surface area contributed by atoms with E-state index in [-0.39, 0.29) is 6.10 Å². The second-order valence-electron chi connectivity index (χ2n) is 9.76. The zero-order valence-corrected chi connectivity index (χ0v) is 16.6. The highest BCUT2D eigenvalue weighted by Gasteiger charge is 2.56. The van der Waals surface area contributed by atoms with Crippen molar-refractivity contribution in [2.45, 2.75) is 85.2 Å². The third-order valence-corrected chi connectivity index (χ3v) is 8.59. The van der Waals surface area contributed by atoms with Gasteiger partial charge >= 0.3 is 0 Å². The van der Waals surface area contributed by atoms with Crippen LogP contribution in [0.2, 0.25) is 0 Å². The number of aliphatic hydroxyl groups excluding tert-OH is 1. The highest BCUT2D eigenvalue weighted by molar-refractivity contribution is 5.41. The number of hydrogen-bond acceptors (Lipinski definition) is 1. The molecule has 0 radical (unpaired) electrons. The maximum atomic E-state index is 10.1. The molecule has 2 fully saturated rings. The van der Waals surface area contributed by atoms with Crippen LogP contribution in [0.5, 0.6) is 0 Å². The number of allylic oxidation sites excluding steroid dienone is 5. The van der Waals surface area contributed by atoms with Crippen LogP contribution in [0.1, 0.15) is 79.1 Å². The largest absolute Gasteiger partial charge is 0.393 e. The van der Waals surface area contributed by atoms with E-state index in [1.54, 1.807) is 11.1 Å². The van der Waals surface area contributed by atoms with E-state index < -0.39 is 0 Å². The molecular formula is C24H36O. The first-order valence-corrected chi connectivity index (χ1v) is 10.7. The van der Waals surface area contributed by atoms with Crippen LogP contribution in [-0.4, -0.2) is 11.2 Å². The van der Waals surface area contributed by atoms with Gasteiger partial charge in [0.05, 0.1) is 6.10 Å². The van der Waals surface area contributed by atoms with E-state index in [1.165, 1.54) is 37.7 Å². The lowest BCUT2D eigenvalue weighted by Gasteiger charge is -2.57. The zero-order valence-electron chi connectivity index (χ0n) is 16.6. The summed E-state index contributed by atoms with van der Waals surface area (Å²) in [7, 11) is 0. The van der Waals surface area contributed by atoms with E-state index in [2.05, 4.69) is 45.9 Å². The Balaban J connectivity index is 1.64. The van der Waals surface area contributed by atoms with Crippen LogP contribution in [0.15, 0.2) is 34.9 Å². The van der Waals surface area contributed by atoms with Gasteiger partial charge in [0.25, 0.3) is 0 Å². The van der Waals surface area contributed by atoms with Gasteiger partial charge in [-0.25, -0.2) is 0 Å². The highest BCUT2D eigenvalue weighted by atomic mass is 16.3. The zero-order chi connectivity index (χ0) is 17.8. The van der Waals surface area contributed by atoms with Crippen LogP contribution in [0.4, 0.5) is 0 Å². The second kappa shape index (κ2) is 6.12. The lowest BCUT2D eigenvalue weighted by atomic mass is 9.47. The molecule has 0 spiro atoms. The van der Waals surface area contributed by atoms with Gasteiger partial charge in [-0.15, -0.1) is 0 Å². The van der Waals surface area contributed by atoms with Crippen molar-refractivity contribution in [2.24, 2.45) is 28.6 Å². The molecule has 138 valence electrons. The molecule has 1 nitrogen and oxygen atoms in total. The molecule has 0 aliphatic heterocycles. The average Bonchev–Trinajstić information content (AvgIpc) is 2.93. The Bertz CT molecular complexity index is 638. The molecule has 4 aliphatic rings. The minimum absolute atomic E-state index is 0.0914. The fraction of sp³-hybridized carbons (Fsp3) is 0.750. The summed E-state index contributed by atoms with van der Waals surface area (Å²) in [6, 6.07) is 0. The van der Waals surface area contributed by atoms with Crippen molar-refractivity contribution in [1.82, 2.24) is 0 Å². The van der Waals surface area contributed by atoms with Crippen LogP contribution in [0.25, 0.3) is 0 Å². The molecule has 1 N–H and O–H groups in total. The smallest absolute Gasteiger partial charge is 0.0577 e. The maximum absolute atomic E-state index is 10.1. The highest BCUT2D eigenvalue weighted by Crippen LogP contribution is 2.65. The molecule has 0 saturated heterocycles. The number of hydrogen-bond donors (Lipinski definition) is 1. The Morgan fingerprint density at radius 2 is 1.88 bits per heavy atom. The molecule has 0 bridgehead atoms. The number of fused-ring (bicyclic) bond motifs is 5. The van der Waals surface area contributed by atoms with Gasteiger partial charge in [0.2, 0.25) is 0 Å². The van der Waals surface area contributed by atoms with Crippen LogP contribution in [0, 0.1) is 28.6 Å². The monoisotopic (exact) mass is 340 g/mol. The van der Waals surface area contributed by atoms with E-state index in [0.29, 0.717) is 10.8 Å². The van der Waals surface area contributed by atoms with Gasteiger partial charge in [-0.1, -0.05) is 50.1 Å². The molecular weight excluding hydrogens is 304 g/mol. The molecule has 1 heteroatoms. The third-order valence-electron chi connectivity index (χ3n) is 8.59. The summed E-state index contributed by atoms with van der Waals surface area (Å²) >= 11 is 0. The molecule has 4 rings (SSSR count). The van der Waals surface area contributed by atoms with Crippen molar-refractivity contribution in [2.75, 3.05) is 0 Å². The molecule has 4 aliphatic carbocycles. The van der Waals surface area contributed by atoms with Crippen LogP contribution in [0.3, 0.4) is 0 Å². The first-order valence-electron chi connectivity index (χ1n) is 10.7. The van der Waals surface area contributed by atoms with Crippen molar-refractivity contribution in [3.8, 4) is 0 Å². The van der Waals surface area contributed by atoms with E-state index in [4.69, 9.17) is 0 Å². The Kier molecular flexibility index (Phi) is 4.30. The molecule has 0 aromatic rings. The minimum Gasteiger partial charge on any atom is -0.393 e. The first kappa shape index (κ1) is 17.6. The predicted molar refractivity (Wildman–Crippen MR) is 105 cm³/mol. The quantitative estimate of drug-likeness (QED) is 0.593. The molecule has 0 amide bonds. The summed E-state index contributed by atoms with van der Waals surface area (Å²) in [6.45, 7) is 9.67. The summed E-state index contributed by atoms with van der Waals surface area (Å²) in [5, 5.41) is 10.1. The maximum Gasteiger partial charge on any atom is 0.0577 e. The van der Waals surface area contributed by atoms with Crippen molar-refractivity contribution in [3.63, 3.8) is 0 Å². The fourth-order valence-corrected chi connectivity index (χ4v) is 7.24. The summed E-state index contributed by atoms with van der Waals surface area (Å²) in [5.74, 6) is 2.50. The fourth-order valence-electron chi connectivity index (χ4n) is 7.24. The van der Waals surface area contributed by atoms with Gasteiger partial charge in [-0.2, -0.15) is 0 Å². The van der Waals surface area contributed by atoms with E-state index in [9.17, 15) is 5.11 Å². The molecule has 0 aromatic heterocycles. The molecule has 25 heavy (non-hydrogen) atoms. The second-order valence-corrected chi connectivity index (χ2v) is 9.76. The number of aliphatic hydroxyl groups is 1. The number of rotatable bonds is 2. The van der Waals surface area contributed by atoms with E-state index >= 15 is 0 Å². The first-order chi connectivity index (χ1) is 11.9. The Labute approximate surface area is 154 Å². The van der Waals surface area contributed by atoms with E-state index in [1.807, 2.05) is 0 Å². The predicted octanol–water partition coefficient (Wildman–Crippen LogP) is 6.20.